The third-order valence-corrected chi connectivity index (χ3v) is 2.96. The van der Waals surface area contributed by atoms with Crippen LogP contribution in [0.1, 0.15) is 11.5 Å². The van der Waals surface area contributed by atoms with Crippen molar-refractivity contribution in [2.75, 3.05) is 5.73 Å². The molecule has 0 saturated carbocycles. The molecule has 0 atom stereocenters. The van der Waals surface area contributed by atoms with Crippen LogP contribution in [-0.2, 0) is 6.42 Å². The minimum absolute atomic E-state index is 0.645. The standard InChI is InChI=1S/C14H11ClN2O/c15-10-3-6-12-13(8-10)18-14(17-12)7-9-1-4-11(16)5-2-9/h1-6,8H,7,16H2. The maximum Gasteiger partial charge on any atom is 0.199 e. The average molecular weight is 259 g/mol. The number of hydrogen-bond acceptors (Lipinski definition) is 3. The molecule has 2 aromatic carbocycles. The summed E-state index contributed by atoms with van der Waals surface area (Å²) in [6, 6.07) is 13.1. The molecular formula is C14H11ClN2O. The van der Waals surface area contributed by atoms with Gasteiger partial charge in [0, 0.05) is 23.2 Å². The Kier molecular flexibility index (Phi) is 2.68. The second kappa shape index (κ2) is 4.35. The quantitative estimate of drug-likeness (QED) is 0.714. The van der Waals surface area contributed by atoms with Gasteiger partial charge >= 0.3 is 0 Å². The van der Waals surface area contributed by atoms with E-state index < -0.39 is 0 Å². The molecule has 0 radical (unpaired) electrons. The maximum absolute atomic E-state index is 5.90. The van der Waals surface area contributed by atoms with Gasteiger partial charge in [-0.05, 0) is 29.8 Å². The first-order valence-electron chi connectivity index (χ1n) is 5.60. The Labute approximate surface area is 109 Å². The molecule has 1 aromatic heterocycles. The number of benzene rings is 2. The largest absolute Gasteiger partial charge is 0.440 e. The van der Waals surface area contributed by atoms with E-state index in [-0.39, 0.29) is 0 Å². The molecule has 90 valence electrons. The SMILES string of the molecule is Nc1ccc(Cc2nc3ccc(Cl)cc3o2)cc1. The zero-order valence-corrected chi connectivity index (χ0v) is 10.3. The van der Waals surface area contributed by atoms with E-state index >= 15 is 0 Å². The molecule has 0 amide bonds. The normalized spacial score (nSPS) is 10.9. The maximum atomic E-state index is 5.90. The van der Waals surface area contributed by atoms with Crippen molar-refractivity contribution in [2.24, 2.45) is 0 Å². The lowest BCUT2D eigenvalue weighted by Gasteiger charge is -1.97. The highest BCUT2D eigenvalue weighted by Gasteiger charge is 2.06. The highest BCUT2D eigenvalue weighted by atomic mass is 35.5. The third kappa shape index (κ3) is 2.17. The Bertz CT molecular complexity index is 689. The number of rotatable bonds is 2. The summed E-state index contributed by atoms with van der Waals surface area (Å²) >= 11 is 5.90. The van der Waals surface area contributed by atoms with Crippen LogP contribution in [0.2, 0.25) is 5.02 Å². The van der Waals surface area contributed by atoms with Crippen molar-refractivity contribution < 1.29 is 4.42 Å². The Morgan fingerprint density at radius 1 is 1.11 bits per heavy atom. The van der Waals surface area contributed by atoms with Gasteiger partial charge in [-0.25, -0.2) is 4.98 Å². The molecule has 0 aliphatic heterocycles. The molecular weight excluding hydrogens is 248 g/mol. The van der Waals surface area contributed by atoms with Gasteiger partial charge in [0.05, 0.1) is 0 Å². The van der Waals surface area contributed by atoms with Gasteiger partial charge in [0.2, 0.25) is 0 Å². The molecule has 2 N–H and O–H groups in total. The molecule has 0 saturated heterocycles. The molecule has 3 aromatic rings. The summed E-state index contributed by atoms with van der Waals surface area (Å²) < 4.78 is 5.66. The van der Waals surface area contributed by atoms with E-state index in [1.165, 1.54) is 0 Å². The zero-order chi connectivity index (χ0) is 12.5. The number of oxazole rings is 1. The first-order chi connectivity index (χ1) is 8.70. The smallest absolute Gasteiger partial charge is 0.199 e. The topological polar surface area (TPSA) is 52.0 Å². The Morgan fingerprint density at radius 3 is 2.67 bits per heavy atom. The molecule has 0 aliphatic rings. The van der Waals surface area contributed by atoms with E-state index in [2.05, 4.69) is 4.98 Å². The molecule has 0 spiro atoms. The summed E-state index contributed by atoms with van der Waals surface area (Å²) in [5.41, 5.74) is 9.05. The zero-order valence-electron chi connectivity index (χ0n) is 9.56. The second-order valence-electron chi connectivity index (χ2n) is 4.14. The van der Waals surface area contributed by atoms with Crippen LogP contribution >= 0.6 is 11.6 Å². The number of hydrogen-bond donors (Lipinski definition) is 1. The van der Waals surface area contributed by atoms with Crippen LogP contribution in [0.3, 0.4) is 0 Å². The minimum atomic E-state index is 0.645. The summed E-state index contributed by atoms with van der Waals surface area (Å²) in [6.45, 7) is 0. The van der Waals surface area contributed by atoms with Crippen LogP contribution < -0.4 is 5.73 Å². The predicted octanol–water partition coefficient (Wildman–Crippen LogP) is 3.65. The fraction of sp³-hybridized carbons (Fsp3) is 0.0714. The number of nitrogens with two attached hydrogens (primary N) is 1. The summed E-state index contributed by atoms with van der Waals surface area (Å²) in [4.78, 5) is 4.41. The monoisotopic (exact) mass is 258 g/mol. The van der Waals surface area contributed by atoms with Gasteiger partial charge in [-0.3, -0.25) is 0 Å². The van der Waals surface area contributed by atoms with Gasteiger partial charge in [0.15, 0.2) is 11.5 Å². The Balaban J connectivity index is 1.92. The molecule has 0 unspecified atom stereocenters. The van der Waals surface area contributed by atoms with Gasteiger partial charge in [-0.2, -0.15) is 0 Å². The summed E-state index contributed by atoms with van der Waals surface area (Å²) in [5, 5.41) is 0.651. The number of nitrogen functional groups attached to an aromatic ring is 1. The number of nitrogens with zero attached hydrogens (tertiary/aromatic N) is 1. The molecule has 18 heavy (non-hydrogen) atoms. The number of halogens is 1. The summed E-state index contributed by atoms with van der Waals surface area (Å²) in [7, 11) is 0. The van der Waals surface area contributed by atoms with Crippen molar-refractivity contribution in [2.45, 2.75) is 6.42 Å². The lowest BCUT2D eigenvalue weighted by atomic mass is 10.1. The third-order valence-electron chi connectivity index (χ3n) is 2.73. The second-order valence-corrected chi connectivity index (χ2v) is 4.57. The van der Waals surface area contributed by atoms with E-state index in [9.17, 15) is 0 Å². The van der Waals surface area contributed by atoms with Gasteiger partial charge in [0.1, 0.15) is 5.52 Å². The van der Waals surface area contributed by atoms with Crippen molar-refractivity contribution in [1.82, 2.24) is 4.98 Å². The van der Waals surface area contributed by atoms with Crippen molar-refractivity contribution in [1.29, 1.82) is 0 Å². The molecule has 0 fully saturated rings. The van der Waals surface area contributed by atoms with Crippen molar-refractivity contribution in [3.05, 3.63) is 58.9 Å². The van der Waals surface area contributed by atoms with Crippen LogP contribution in [0.5, 0.6) is 0 Å². The van der Waals surface area contributed by atoms with Gasteiger partial charge < -0.3 is 10.2 Å². The van der Waals surface area contributed by atoms with Crippen molar-refractivity contribution in [3.8, 4) is 0 Å². The molecule has 3 nitrogen and oxygen atoms in total. The predicted molar refractivity (Wildman–Crippen MR) is 72.7 cm³/mol. The lowest BCUT2D eigenvalue weighted by molar-refractivity contribution is 0.544. The molecule has 0 aliphatic carbocycles. The number of aromatic nitrogens is 1. The fourth-order valence-electron chi connectivity index (χ4n) is 1.83. The van der Waals surface area contributed by atoms with Crippen LogP contribution in [0.15, 0.2) is 46.9 Å². The van der Waals surface area contributed by atoms with Crippen molar-refractivity contribution in [3.63, 3.8) is 0 Å². The first-order valence-corrected chi connectivity index (χ1v) is 5.98. The van der Waals surface area contributed by atoms with Gasteiger partial charge in [0.25, 0.3) is 0 Å². The summed E-state index contributed by atoms with van der Waals surface area (Å²) in [6.07, 6.45) is 0.645. The fourth-order valence-corrected chi connectivity index (χ4v) is 1.99. The first kappa shape index (κ1) is 11.1. The molecule has 3 rings (SSSR count). The van der Waals surface area contributed by atoms with E-state index in [4.69, 9.17) is 21.8 Å². The number of anilines is 1. The summed E-state index contributed by atoms with van der Waals surface area (Å²) in [5.74, 6) is 0.678. The van der Waals surface area contributed by atoms with Crippen LogP contribution in [0, 0.1) is 0 Å². The van der Waals surface area contributed by atoms with E-state index in [0.29, 0.717) is 22.9 Å². The van der Waals surface area contributed by atoms with Gasteiger partial charge in [-0.1, -0.05) is 23.7 Å². The van der Waals surface area contributed by atoms with Crippen LogP contribution in [0.4, 0.5) is 5.69 Å². The number of fused-ring (bicyclic) bond motifs is 1. The van der Waals surface area contributed by atoms with Crippen LogP contribution in [0.25, 0.3) is 11.1 Å². The van der Waals surface area contributed by atoms with Gasteiger partial charge in [-0.15, -0.1) is 0 Å². The van der Waals surface area contributed by atoms with Crippen molar-refractivity contribution >= 4 is 28.4 Å². The van der Waals surface area contributed by atoms with E-state index in [1.54, 1.807) is 12.1 Å². The highest BCUT2D eigenvalue weighted by molar-refractivity contribution is 6.31. The average Bonchev–Trinajstić information content (AvgIpc) is 2.73. The molecule has 1 heterocycles. The molecule has 4 heteroatoms. The highest BCUT2D eigenvalue weighted by Crippen LogP contribution is 2.21. The van der Waals surface area contributed by atoms with E-state index in [0.717, 1.165) is 16.8 Å². The van der Waals surface area contributed by atoms with E-state index in [1.807, 2.05) is 30.3 Å². The Morgan fingerprint density at radius 2 is 1.89 bits per heavy atom. The molecule has 0 bridgehead atoms. The minimum Gasteiger partial charge on any atom is -0.440 e. The lowest BCUT2D eigenvalue weighted by Crippen LogP contribution is -1.89. The van der Waals surface area contributed by atoms with Crippen LogP contribution in [-0.4, -0.2) is 4.98 Å². The Hall–Kier alpha value is -2.00.